The van der Waals surface area contributed by atoms with Gasteiger partial charge in [-0.2, -0.15) is 47.4 Å². The lowest BCUT2D eigenvalue weighted by Gasteiger charge is -2.12. The highest BCUT2D eigenvalue weighted by Crippen LogP contribution is 2.46. The fraction of sp³-hybridized carbons (Fsp3) is 0.143. The quantitative estimate of drug-likeness (QED) is 0.0990. The van der Waals surface area contributed by atoms with Crippen molar-refractivity contribution in [1.29, 1.82) is 21.0 Å². The van der Waals surface area contributed by atoms with E-state index in [9.17, 15) is 56.2 Å². The predicted molar refractivity (Wildman–Crippen MR) is 221 cm³/mol. The van der Waals surface area contributed by atoms with Crippen LogP contribution in [0.5, 0.6) is 0 Å². The largest absolute Gasteiger partial charge is 0.419 e. The van der Waals surface area contributed by atoms with Crippen molar-refractivity contribution in [1.82, 2.24) is 4.98 Å². The molecule has 14 heteroatoms. The summed E-state index contributed by atoms with van der Waals surface area (Å²) in [7, 11) is 0. The Morgan fingerprint density at radius 3 is 2.02 bits per heavy atom. The molecule has 2 aliphatic carbocycles. The van der Waals surface area contributed by atoms with E-state index in [2.05, 4.69) is 6.58 Å². The molecule has 6 nitrogen and oxygen atoms in total. The number of alkyl halides is 6. The molecule has 0 radical (unpaired) electrons. The van der Waals surface area contributed by atoms with Gasteiger partial charge in [0.2, 0.25) is 0 Å². The highest BCUT2D eigenvalue weighted by Gasteiger charge is 2.36. The zero-order valence-corrected chi connectivity index (χ0v) is 33.0. The van der Waals surface area contributed by atoms with Crippen molar-refractivity contribution in [2.24, 2.45) is 10.9 Å². The fourth-order valence-electron chi connectivity index (χ4n) is 7.85. The van der Waals surface area contributed by atoms with Crippen LogP contribution >= 0.6 is 0 Å². The average molecular weight is 853 g/mol. The fourth-order valence-corrected chi connectivity index (χ4v) is 7.85. The summed E-state index contributed by atoms with van der Waals surface area (Å²) in [5.41, 5.74) is 1.69. The number of rotatable bonds is 5. The average Bonchev–Trinajstić information content (AvgIpc) is 3.69. The number of hydrogen-bond acceptors (Lipinski definition) is 6. The maximum absolute atomic E-state index is 14.7. The van der Waals surface area contributed by atoms with Crippen LogP contribution in [0.4, 0.5) is 35.1 Å². The van der Waals surface area contributed by atoms with E-state index in [4.69, 9.17) is 9.98 Å². The van der Waals surface area contributed by atoms with Crippen LogP contribution in [-0.2, 0) is 12.6 Å². The molecule has 0 N–H and O–H groups in total. The van der Waals surface area contributed by atoms with Crippen LogP contribution in [-0.4, -0.2) is 22.9 Å². The van der Waals surface area contributed by atoms with Crippen molar-refractivity contribution in [3.05, 3.63) is 164 Å². The number of nitriles is 4. The van der Waals surface area contributed by atoms with Crippen molar-refractivity contribution in [3.8, 4) is 46.5 Å². The highest BCUT2D eigenvalue weighted by atomic mass is 19.4. The molecular weight excluding hydrogens is 825 g/mol. The van der Waals surface area contributed by atoms with Gasteiger partial charge in [0.1, 0.15) is 47.1 Å². The molecule has 63 heavy (non-hydrogen) atoms. The van der Waals surface area contributed by atoms with Gasteiger partial charge in [-0.3, -0.25) is 4.99 Å². The molecule has 0 bridgehead atoms. The van der Waals surface area contributed by atoms with Crippen LogP contribution in [0, 0.1) is 57.1 Å². The molecule has 1 aliphatic heterocycles. The van der Waals surface area contributed by atoms with Crippen molar-refractivity contribution in [3.63, 3.8) is 0 Å². The van der Waals surface area contributed by atoms with E-state index in [0.29, 0.717) is 84.7 Å². The van der Waals surface area contributed by atoms with Crippen LogP contribution in [0.15, 0.2) is 119 Å². The van der Waals surface area contributed by atoms with E-state index in [0.717, 1.165) is 18.2 Å². The first-order valence-corrected chi connectivity index (χ1v) is 19.0. The molecule has 0 saturated carbocycles. The number of allylic oxidation sites excluding steroid dienone is 10. The second-order valence-corrected chi connectivity index (χ2v) is 14.7. The Kier molecular flexibility index (Phi) is 11.3. The smallest absolute Gasteiger partial charge is 0.277 e. The lowest BCUT2D eigenvalue weighted by atomic mass is 9.95. The van der Waals surface area contributed by atoms with Gasteiger partial charge in [-0.25, -0.2) is 13.8 Å². The third-order valence-electron chi connectivity index (χ3n) is 10.6. The second kappa shape index (κ2) is 16.5. The first-order valence-electron chi connectivity index (χ1n) is 19.0. The molecule has 3 aromatic carbocycles. The van der Waals surface area contributed by atoms with Crippen molar-refractivity contribution >= 4 is 34.6 Å². The summed E-state index contributed by atoms with van der Waals surface area (Å²) in [5.74, 6) is -3.41. The van der Waals surface area contributed by atoms with Gasteiger partial charge >= 0.3 is 12.4 Å². The number of aromatic nitrogens is 1. The summed E-state index contributed by atoms with van der Waals surface area (Å²) < 4.78 is 109. The minimum absolute atomic E-state index is 0.0572. The Labute approximate surface area is 355 Å². The van der Waals surface area contributed by atoms with E-state index in [1.165, 1.54) is 0 Å². The molecule has 2 atom stereocenters. The summed E-state index contributed by atoms with van der Waals surface area (Å²) in [6.45, 7) is 6.71. The lowest BCUT2D eigenvalue weighted by Crippen LogP contribution is -2.31. The van der Waals surface area contributed by atoms with E-state index in [-0.39, 0.29) is 34.3 Å². The van der Waals surface area contributed by atoms with Crippen LogP contribution in [0.2, 0.25) is 0 Å². The second-order valence-electron chi connectivity index (χ2n) is 14.7. The molecule has 1 aromatic heterocycles. The number of fused-ring (bicyclic) bond motifs is 7. The Balaban J connectivity index is 1.36. The summed E-state index contributed by atoms with van der Waals surface area (Å²) in [4.78, 5) is 9.99. The summed E-state index contributed by atoms with van der Waals surface area (Å²) >= 11 is 0. The Bertz CT molecular complexity index is 3150. The zero-order valence-electron chi connectivity index (χ0n) is 33.0. The minimum atomic E-state index is -4.96. The predicted octanol–water partition coefficient (Wildman–Crippen LogP) is 10.7. The Hall–Kier alpha value is -7.94. The van der Waals surface area contributed by atoms with Gasteiger partial charge < -0.3 is 0 Å². The van der Waals surface area contributed by atoms with Crippen LogP contribution in [0.1, 0.15) is 47.4 Å². The minimum Gasteiger partial charge on any atom is -0.277 e. The molecule has 0 saturated heterocycles. The monoisotopic (exact) mass is 852 g/mol. The number of hydrogen-bond donors (Lipinski definition) is 0. The summed E-state index contributed by atoms with van der Waals surface area (Å²) in [5, 5.41) is 41.4. The third kappa shape index (κ3) is 8.03. The van der Waals surface area contributed by atoms with Gasteiger partial charge in [-0.1, -0.05) is 80.3 Å². The number of nitrogens with zero attached hydrogens (tertiary/aromatic N) is 6. The summed E-state index contributed by atoms with van der Waals surface area (Å²) in [6.07, 6.45) is -2.15. The molecule has 4 aromatic rings. The normalized spacial score (nSPS) is 17.8. The molecule has 7 rings (SSSR count). The van der Waals surface area contributed by atoms with Gasteiger partial charge in [0.05, 0.1) is 33.9 Å². The standard InChI is InChI=1S/C49H28F8N6/c1-4-41(50)39(48(52,53)54)7-5-6-27-8-11-33-35(17-27)44(31(21-58)22-59)46-37(33)14-25(2)15-43-30(16-26(3)62-46)19-38-34-12-9-28(29-10-13-40(42(51)20-29)49(55,56)57)18-36(34)45(47(38)63-43)32(23-60)24-61/h4-5,7-20,25-26H,1,6H2,2-3H3/b7-5-,30-16-,37-14?,41-39-,43-15+,62-46?. The van der Waals surface area contributed by atoms with Crippen LogP contribution in [0.3, 0.4) is 0 Å². The third-order valence-corrected chi connectivity index (χ3v) is 10.6. The number of pyridine rings is 1. The first kappa shape index (κ1) is 43.2. The van der Waals surface area contributed by atoms with Crippen LogP contribution in [0.25, 0.3) is 51.1 Å². The Morgan fingerprint density at radius 1 is 0.746 bits per heavy atom. The number of halogens is 8. The van der Waals surface area contributed by atoms with E-state index in [1.807, 2.05) is 49.4 Å². The molecule has 0 spiro atoms. The van der Waals surface area contributed by atoms with Crippen molar-refractivity contribution in [2.75, 3.05) is 0 Å². The van der Waals surface area contributed by atoms with Gasteiger partial charge in [-0.05, 0) is 93.8 Å². The summed E-state index contributed by atoms with van der Waals surface area (Å²) in [6, 6.07) is 21.3. The van der Waals surface area contributed by atoms with Gasteiger partial charge in [0.15, 0.2) is 0 Å². The zero-order chi connectivity index (χ0) is 45.5. The van der Waals surface area contributed by atoms with Crippen molar-refractivity contribution < 1.29 is 35.1 Å². The highest BCUT2D eigenvalue weighted by molar-refractivity contribution is 6.51. The molecule has 0 fully saturated rings. The van der Waals surface area contributed by atoms with E-state index >= 15 is 0 Å². The van der Waals surface area contributed by atoms with Gasteiger partial charge in [0.25, 0.3) is 0 Å². The lowest BCUT2D eigenvalue weighted by molar-refractivity contribution is -0.140. The van der Waals surface area contributed by atoms with E-state index < -0.39 is 47.1 Å². The maximum atomic E-state index is 14.7. The topological polar surface area (TPSA) is 120 Å². The number of benzene rings is 3. The molecule has 2 heterocycles. The molecule has 2 unspecified atom stereocenters. The molecular formula is C49H28F8N6. The van der Waals surface area contributed by atoms with Gasteiger partial charge in [-0.15, -0.1) is 0 Å². The Morgan fingerprint density at radius 2 is 1.38 bits per heavy atom. The van der Waals surface area contributed by atoms with E-state index in [1.54, 1.807) is 49.4 Å². The molecule has 310 valence electrons. The molecule has 0 amide bonds. The van der Waals surface area contributed by atoms with Gasteiger partial charge in [0, 0.05) is 22.3 Å². The maximum Gasteiger partial charge on any atom is 0.419 e. The first-order chi connectivity index (χ1) is 29.9. The van der Waals surface area contributed by atoms with Crippen LogP contribution < -0.4 is 10.6 Å². The number of aliphatic imine (C=N–C) groups is 1. The van der Waals surface area contributed by atoms with Crippen molar-refractivity contribution in [2.45, 2.75) is 38.7 Å². The molecule has 3 aliphatic rings. The SMILES string of the molecule is C=C/C(F)=C(\C=C/Cc1ccc2c(c1)C(=C(C#N)C#N)C1=NC(C)/C=c3/cc4c(n/c3=C/C(C)C=C12)C(=C(C#N)C#N)c1cc(-c2ccc(C(F)(F)F)c(F)c2)ccc1-4)C(F)(F)F.